The number of hydrogen-bond acceptors (Lipinski definition) is 4. The number of hydrogen-bond donors (Lipinski definition) is 3. The standard InChI is InChI=1S/C11H16ClN3O2/c1-2-13-6-3-7-14-10-8(11(16)17)4-5-9(12)15-10/h4-5,13H,2-3,6-7H2,1H3,(H,14,15)(H,16,17). The minimum atomic E-state index is -1.01. The van der Waals surface area contributed by atoms with Gasteiger partial charge in [0.15, 0.2) is 0 Å². The topological polar surface area (TPSA) is 74.2 Å². The van der Waals surface area contributed by atoms with Gasteiger partial charge in [-0.2, -0.15) is 0 Å². The summed E-state index contributed by atoms with van der Waals surface area (Å²) in [4.78, 5) is 14.9. The number of carbonyl (C=O) groups is 1. The van der Waals surface area contributed by atoms with Gasteiger partial charge in [0.2, 0.25) is 0 Å². The highest BCUT2D eigenvalue weighted by atomic mass is 35.5. The Morgan fingerprint density at radius 2 is 2.24 bits per heavy atom. The molecule has 0 unspecified atom stereocenters. The Morgan fingerprint density at radius 3 is 2.88 bits per heavy atom. The van der Waals surface area contributed by atoms with Crippen LogP contribution in [0.2, 0.25) is 5.15 Å². The van der Waals surface area contributed by atoms with E-state index in [0.717, 1.165) is 19.5 Å². The Hall–Kier alpha value is -1.33. The Bertz CT molecular complexity index is 385. The van der Waals surface area contributed by atoms with Gasteiger partial charge in [-0.15, -0.1) is 0 Å². The Kier molecular flexibility index (Phi) is 5.72. The number of carboxylic acid groups (broad SMARTS) is 1. The van der Waals surface area contributed by atoms with Crippen LogP contribution in [-0.4, -0.2) is 35.7 Å². The van der Waals surface area contributed by atoms with Gasteiger partial charge in [-0.05, 0) is 31.6 Å². The van der Waals surface area contributed by atoms with E-state index in [1.165, 1.54) is 12.1 Å². The number of carboxylic acids is 1. The molecule has 0 spiro atoms. The maximum atomic E-state index is 10.9. The Morgan fingerprint density at radius 1 is 1.47 bits per heavy atom. The van der Waals surface area contributed by atoms with Crippen molar-refractivity contribution in [1.82, 2.24) is 10.3 Å². The average molecular weight is 258 g/mol. The second-order valence-corrected chi connectivity index (χ2v) is 3.86. The monoisotopic (exact) mass is 257 g/mol. The van der Waals surface area contributed by atoms with Crippen molar-refractivity contribution < 1.29 is 9.90 Å². The molecule has 3 N–H and O–H groups in total. The molecule has 0 atom stereocenters. The third-order valence-corrected chi connectivity index (χ3v) is 2.37. The summed E-state index contributed by atoms with van der Waals surface area (Å²) in [6, 6.07) is 2.92. The molecule has 1 heterocycles. The first kappa shape index (κ1) is 13.7. The first-order valence-electron chi connectivity index (χ1n) is 5.49. The smallest absolute Gasteiger partial charge is 0.339 e. The van der Waals surface area contributed by atoms with E-state index in [-0.39, 0.29) is 10.7 Å². The average Bonchev–Trinajstić information content (AvgIpc) is 2.28. The minimum Gasteiger partial charge on any atom is -0.478 e. The fourth-order valence-electron chi connectivity index (χ4n) is 1.34. The Balaban J connectivity index is 2.56. The molecule has 0 amide bonds. The first-order valence-corrected chi connectivity index (χ1v) is 5.87. The second-order valence-electron chi connectivity index (χ2n) is 3.47. The van der Waals surface area contributed by atoms with Crippen LogP contribution in [0.15, 0.2) is 12.1 Å². The summed E-state index contributed by atoms with van der Waals surface area (Å²) in [5.74, 6) is -0.690. The fourth-order valence-corrected chi connectivity index (χ4v) is 1.49. The van der Waals surface area contributed by atoms with E-state index in [9.17, 15) is 4.79 Å². The van der Waals surface area contributed by atoms with Crippen molar-refractivity contribution in [3.8, 4) is 0 Å². The summed E-state index contributed by atoms with van der Waals surface area (Å²) in [6.07, 6.45) is 0.890. The van der Waals surface area contributed by atoms with E-state index in [1.807, 2.05) is 6.92 Å². The number of rotatable bonds is 7. The molecule has 0 aliphatic rings. The molecule has 0 fully saturated rings. The predicted octanol–water partition coefficient (Wildman–Crippen LogP) is 1.84. The van der Waals surface area contributed by atoms with E-state index in [0.29, 0.717) is 12.4 Å². The van der Waals surface area contributed by atoms with Crippen LogP contribution >= 0.6 is 11.6 Å². The van der Waals surface area contributed by atoms with Crippen molar-refractivity contribution in [2.75, 3.05) is 25.0 Å². The molecule has 0 aromatic carbocycles. The van der Waals surface area contributed by atoms with Gasteiger partial charge in [0.25, 0.3) is 0 Å². The van der Waals surface area contributed by atoms with E-state index in [2.05, 4.69) is 15.6 Å². The number of pyridine rings is 1. The summed E-state index contributed by atoms with van der Waals surface area (Å²) in [6.45, 7) is 4.50. The molecule has 1 aromatic rings. The van der Waals surface area contributed by atoms with Crippen molar-refractivity contribution >= 4 is 23.4 Å². The van der Waals surface area contributed by atoms with Crippen LogP contribution < -0.4 is 10.6 Å². The molecule has 1 aromatic heterocycles. The lowest BCUT2D eigenvalue weighted by Crippen LogP contribution is -2.18. The molecular weight excluding hydrogens is 242 g/mol. The highest BCUT2D eigenvalue weighted by molar-refractivity contribution is 6.29. The minimum absolute atomic E-state index is 0.137. The van der Waals surface area contributed by atoms with Crippen molar-refractivity contribution in [2.45, 2.75) is 13.3 Å². The quantitative estimate of drug-likeness (QED) is 0.513. The highest BCUT2D eigenvalue weighted by Crippen LogP contribution is 2.16. The Labute approximate surface area is 105 Å². The molecule has 94 valence electrons. The molecule has 6 heteroatoms. The van der Waals surface area contributed by atoms with Crippen LogP contribution in [0.4, 0.5) is 5.82 Å². The summed E-state index contributed by atoms with van der Waals surface area (Å²) < 4.78 is 0. The van der Waals surface area contributed by atoms with Gasteiger partial charge in [0.05, 0.1) is 0 Å². The lowest BCUT2D eigenvalue weighted by Gasteiger charge is -2.08. The van der Waals surface area contributed by atoms with Crippen LogP contribution in [-0.2, 0) is 0 Å². The molecule has 0 radical (unpaired) electrons. The second kappa shape index (κ2) is 7.09. The number of nitrogens with zero attached hydrogens (tertiary/aromatic N) is 1. The van der Waals surface area contributed by atoms with Crippen LogP contribution in [0.5, 0.6) is 0 Å². The van der Waals surface area contributed by atoms with Crippen molar-refractivity contribution in [3.05, 3.63) is 22.8 Å². The van der Waals surface area contributed by atoms with E-state index in [1.54, 1.807) is 0 Å². The molecule has 0 aliphatic carbocycles. The van der Waals surface area contributed by atoms with Gasteiger partial charge in [0.1, 0.15) is 16.5 Å². The van der Waals surface area contributed by atoms with Gasteiger partial charge in [0, 0.05) is 6.54 Å². The normalized spacial score (nSPS) is 10.2. The molecule has 0 saturated carbocycles. The van der Waals surface area contributed by atoms with Gasteiger partial charge in [-0.3, -0.25) is 0 Å². The number of anilines is 1. The van der Waals surface area contributed by atoms with Gasteiger partial charge in [-0.1, -0.05) is 18.5 Å². The third kappa shape index (κ3) is 4.58. The lowest BCUT2D eigenvalue weighted by molar-refractivity contribution is 0.0697. The third-order valence-electron chi connectivity index (χ3n) is 2.16. The maximum Gasteiger partial charge on any atom is 0.339 e. The van der Waals surface area contributed by atoms with Crippen molar-refractivity contribution in [1.29, 1.82) is 0 Å². The first-order chi connectivity index (χ1) is 8.15. The van der Waals surface area contributed by atoms with Gasteiger partial charge < -0.3 is 15.7 Å². The SMILES string of the molecule is CCNCCCNc1nc(Cl)ccc1C(=O)O. The predicted molar refractivity (Wildman–Crippen MR) is 67.9 cm³/mol. The van der Waals surface area contributed by atoms with E-state index < -0.39 is 5.97 Å². The lowest BCUT2D eigenvalue weighted by atomic mass is 10.2. The largest absolute Gasteiger partial charge is 0.478 e. The van der Waals surface area contributed by atoms with Crippen molar-refractivity contribution in [3.63, 3.8) is 0 Å². The number of aromatic nitrogens is 1. The zero-order valence-electron chi connectivity index (χ0n) is 9.66. The summed E-state index contributed by atoms with van der Waals surface area (Å²) >= 11 is 5.73. The molecular formula is C11H16ClN3O2. The van der Waals surface area contributed by atoms with Gasteiger partial charge >= 0.3 is 5.97 Å². The summed E-state index contributed by atoms with van der Waals surface area (Å²) in [5, 5.41) is 15.4. The maximum absolute atomic E-state index is 10.9. The number of halogens is 1. The molecule has 0 aliphatic heterocycles. The highest BCUT2D eigenvalue weighted by Gasteiger charge is 2.11. The van der Waals surface area contributed by atoms with Crippen LogP contribution in [0.25, 0.3) is 0 Å². The zero-order valence-corrected chi connectivity index (χ0v) is 10.4. The molecule has 0 saturated heterocycles. The van der Waals surface area contributed by atoms with E-state index >= 15 is 0 Å². The van der Waals surface area contributed by atoms with Gasteiger partial charge in [-0.25, -0.2) is 9.78 Å². The zero-order chi connectivity index (χ0) is 12.7. The van der Waals surface area contributed by atoms with Crippen LogP contribution in [0.3, 0.4) is 0 Å². The summed E-state index contributed by atoms with van der Waals surface area (Å²) in [5.41, 5.74) is 0.137. The molecule has 5 nitrogen and oxygen atoms in total. The molecule has 0 bridgehead atoms. The number of aromatic carboxylic acids is 1. The van der Waals surface area contributed by atoms with E-state index in [4.69, 9.17) is 16.7 Å². The van der Waals surface area contributed by atoms with Crippen molar-refractivity contribution in [2.24, 2.45) is 0 Å². The van der Waals surface area contributed by atoms with Crippen LogP contribution in [0.1, 0.15) is 23.7 Å². The summed E-state index contributed by atoms with van der Waals surface area (Å²) in [7, 11) is 0. The molecule has 1 rings (SSSR count). The fraction of sp³-hybridized carbons (Fsp3) is 0.455. The molecule has 17 heavy (non-hydrogen) atoms. The van der Waals surface area contributed by atoms with Crippen LogP contribution in [0, 0.1) is 0 Å². The number of nitrogens with one attached hydrogen (secondary N) is 2.